The molecule has 106 valence electrons. The zero-order valence-corrected chi connectivity index (χ0v) is 11.6. The molecule has 0 aliphatic carbocycles. The van der Waals surface area contributed by atoms with Gasteiger partial charge in [0.25, 0.3) is 0 Å². The highest BCUT2D eigenvalue weighted by Crippen LogP contribution is 2.16. The molecule has 3 N–H and O–H groups in total. The Labute approximate surface area is 111 Å². The number of halogens is 1. The lowest BCUT2D eigenvalue weighted by molar-refractivity contribution is -0.117. The third-order valence-corrected chi connectivity index (χ3v) is 3.57. The highest BCUT2D eigenvalue weighted by atomic mass is 32.2. The van der Waals surface area contributed by atoms with Crippen LogP contribution in [0, 0.1) is 12.7 Å². The molecule has 1 aromatic rings. The molecule has 19 heavy (non-hydrogen) atoms. The zero-order valence-electron chi connectivity index (χ0n) is 10.8. The van der Waals surface area contributed by atoms with E-state index in [1.807, 2.05) is 0 Å². The lowest BCUT2D eigenvalue weighted by atomic mass is 10.1. The molecule has 1 aromatic carbocycles. The van der Waals surface area contributed by atoms with E-state index in [0.717, 1.165) is 6.26 Å². The van der Waals surface area contributed by atoms with Crippen molar-refractivity contribution in [3.63, 3.8) is 0 Å². The van der Waals surface area contributed by atoms with Crippen LogP contribution in [-0.4, -0.2) is 32.4 Å². The fourth-order valence-corrected chi connectivity index (χ4v) is 2.11. The van der Waals surface area contributed by atoms with E-state index in [1.54, 1.807) is 6.92 Å². The number of hydrogen-bond acceptors (Lipinski definition) is 4. The van der Waals surface area contributed by atoms with Gasteiger partial charge in [0.15, 0.2) is 0 Å². The van der Waals surface area contributed by atoms with Gasteiger partial charge in [-0.25, -0.2) is 12.8 Å². The Hall–Kier alpha value is -1.47. The lowest BCUT2D eigenvalue weighted by Gasteiger charge is -2.13. The molecule has 0 aliphatic rings. The Balaban J connectivity index is 2.66. The summed E-state index contributed by atoms with van der Waals surface area (Å²) in [5.74, 6) is -1.16. The van der Waals surface area contributed by atoms with E-state index in [0.29, 0.717) is 11.3 Å². The second-order valence-corrected chi connectivity index (χ2v) is 6.73. The van der Waals surface area contributed by atoms with E-state index in [2.05, 4.69) is 5.32 Å². The molecule has 0 aliphatic heterocycles. The van der Waals surface area contributed by atoms with Crippen LogP contribution in [0.4, 0.5) is 10.1 Å². The molecule has 7 heteroatoms. The van der Waals surface area contributed by atoms with Gasteiger partial charge in [0.1, 0.15) is 15.7 Å². The fraction of sp³-hybridized carbons (Fsp3) is 0.417. The topological polar surface area (TPSA) is 89.3 Å². The summed E-state index contributed by atoms with van der Waals surface area (Å²) in [4.78, 5) is 11.7. The van der Waals surface area contributed by atoms with Crippen LogP contribution in [0.25, 0.3) is 0 Å². The van der Waals surface area contributed by atoms with Crippen molar-refractivity contribution >= 4 is 21.4 Å². The van der Waals surface area contributed by atoms with Gasteiger partial charge < -0.3 is 11.1 Å². The van der Waals surface area contributed by atoms with Crippen molar-refractivity contribution in [2.24, 2.45) is 5.73 Å². The van der Waals surface area contributed by atoms with Crippen molar-refractivity contribution in [2.75, 3.05) is 17.3 Å². The number of rotatable bonds is 5. The first kappa shape index (κ1) is 15.6. The number of hydrogen-bond donors (Lipinski definition) is 2. The molecule has 1 unspecified atom stereocenters. The number of carbonyl (C=O) groups excluding carboxylic acids is 1. The summed E-state index contributed by atoms with van der Waals surface area (Å²) in [6.07, 6.45) is 1.10. The number of aryl methyl sites for hydroxylation is 1. The van der Waals surface area contributed by atoms with Gasteiger partial charge in [0.05, 0.1) is 11.8 Å². The maximum absolute atomic E-state index is 13.0. The van der Waals surface area contributed by atoms with Crippen LogP contribution in [0.1, 0.15) is 12.0 Å². The standard InChI is InChI=1S/C12H17FN2O3S/c1-8-3-4-9(13)7-11(8)15-12(16)10(14)5-6-19(2,17)18/h3-4,7,10H,5-6,14H2,1-2H3,(H,15,16). The van der Waals surface area contributed by atoms with Crippen molar-refractivity contribution in [1.29, 1.82) is 0 Å². The quantitative estimate of drug-likeness (QED) is 0.840. The highest BCUT2D eigenvalue weighted by molar-refractivity contribution is 7.90. The van der Waals surface area contributed by atoms with Crippen LogP contribution in [0.2, 0.25) is 0 Å². The summed E-state index contributed by atoms with van der Waals surface area (Å²) in [6, 6.07) is 3.07. The maximum atomic E-state index is 13.0. The molecule has 0 saturated carbocycles. The summed E-state index contributed by atoms with van der Waals surface area (Å²) < 4.78 is 35.0. The van der Waals surface area contributed by atoms with Gasteiger partial charge in [0.2, 0.25) is 5.91 Å². The van der Waals surface area contributed by atoms with Crippen LogP contribution >= 0.6 is 0 Å². The molecule has 0 heterocycles. The molecule has 0 spiro atoms. The fourth-order valence-electron chi connectivity index (χ4n) is 1.43. The average Bonchev–Trinajstić information content (AvgIpc) is 2.29. The highest BCUT2D eigenvalue weighted by Gasteiger charge is 2.16. The Morgan fingerprint density at radius 2 is 2.11 bits per heavy atom. The Bertz CT molecular complexity index is 572. The number of benzene rings is 1. The Morgan fingerprint density at radius 1 is 1.47 bits per heavy atom. The van der Waals surface area contributed by atoms with Gasteiger partial charge in [-0.1, -0.05) is 6.07 Å². The molecular weight excluding hydrogens is 271 g/mol. The lowest BCUT2D eigenvalue weighted by Crippen LogP contribution is -2.37. The Kier molecular flexibility index (Phi) is 5.02. The summed E-state index contributed by atoms with van der Waals surface area (Å²) in [6.45, 7) is 1.72. The predicted molar refractivity (Wildman–Crippen MR) is 72.1 cm³/mol. The number of nitrogens with two attached hydrogens (primary N) is 1. The molecule has 0 fully saturated rings. The smallest absolute Gasteiger partial charge is 0.241 e. The first-order chi connectivity index (χ1) is 8.69. The van der Waals surface area contributed by atoms with Gasteiger partial charge in [0, 0.05) is 11.9 Å². The van der Waals surface area contributed by atoms with Gasteiger partial charge in [-0.2, -0.15) is 0 Å². The molecule has 1 atom stereocenters. The first-order valence-electron chi connectivity index (χ1n) is 5.69. The van der Waals surface area contributed by atoms with E-state index in [-0.39, 0.29) is 12.2 Å². The first-order valence-corrected chi connectivity index (χ1v) is 7.75. The number of carbonyl (C=O) groups is 1. The molecule has 0 radical (unpaired) electrons. The van der Waals surface area contributed by atoms with Crippen molar-refractivity contribution < 1.29 is 17.6 Å². The Morgan fingerprint density at radius 3 is 2.68 bits per heavy atom. The largest absolute Gasteiger partial charge is 0.324 e. The third-order valence-electron chi connectivity index (χ3n) is 2.59. The third kappa shape index (κ3) is 5.35. The second-order valence-electron chi connectivity index (χ2n) is 4.47. The number of sulfone groups is 1. The molecule has 5 nitrogen and oxygen atoms in total. The van der Waals surface area contributed by atoms with E-state index >= 15 is 0 Å². The van der Waals surface area contributed by atoms with Crippen LogP contribution in [0.3, 0.4) is 0 Å². The SMILES string of the molecule is Cc1ccc(F)cc1NC(=O)C(N)CCS(C)(=O)=O. The second kappa shape index (κ2) is 6.12. The van der Waals surface area contributed by atoms with Crippen LogP contribution in [0.15, 0.2) is 18.2 Å². The van der Waals surface area contributed by atoms with E-state index in [1.165, 1.54) is 18.2 Å². The number of amides is 1. The summed E-state index contributed by atoms with van der Waals surface area (Å²) in [5, 5.41) is 2.49. The van der Waals surface area contributed by atoms with Gasteiger partial charge in [-0.3, -0.25) is 4.79 Å². The summed E-state index contributed by atoms with van der Waals surface area (Å²) in [7, 11) is -3.16. The van der Waals surface area contributed by atoms with Crippen LogP contribution in [-0.2, 0) is 14.6 Å². The van der Waals surface area contributed by atoms with E-state index in [9.17, 15) is 17.6 Å². The molecule has 1 amide bonds. The van der Waals surface area contributed by atoms with Gasteiger partial charge in [-0.05, 0) is 31.0 Å². The molecule has 1 rings (SSSR count). The van der Waals surface area contributed by atoms with Gasteiger partial charge in [-0.15, -0.1) is 0 Å². The van der Waals surface area contributed by atoms with Crippen LogP contribution < -0.4 is 11.1 Å². The number of anilines is 1. The summed E-state index contributed by atoms with van der Waals surface area (Å²) >= 11 is 0. The van der Waals surface area contributed by atoms with Crippen molar-refractivity contribution in [1.82, 2.24) is 0 Å². The minimum absolute atomic E-state index is 0.0268. The molecular formula is C12H17FN2O3S. The van der Waals surface area contributed by atoms with Crippen molar-refractivity contribution in [2.45, 2.75) is 19.4 Å². The monoisotopic (exact) mass is 288 g/mol. The minimum atomic E-state index is -3.16. The molecule has 0 aromatic heterocycles. The van der Waals surface area contributed by atoms with E-state index < -0.39 is 27.6 Å². The van der Waals surface area contributed by atoms with Crippen LogP contribution in [0.5, 0.6) is 0 Å². The average molecular weight is 288 g/mol. The van der Waals surface area contributed by atoms with Crippen molar-refractivity contribution in [3.05, 3.63) is 29.6 Å². The van der Waals surface area contributed by atoms with Gasteiger partial charge >= 0.3 is 0 Å². The maximum Gasteiger partial charge on any atom is 0.241 e. The minimum Gasteiger partial charge on any atom is -0.324 e. The predicted octanol–water partition coefficient (Wildman–Crippen LogP) is 0.835. The van der Waals surface area contributed by atoms with E-state index in [4.69, 9.17) is 5.73 Å². The molecule has 0 bridgehead atoms. The summed E-state index contributed by atoms with van der Waals surface area (Å²) in [5.41, 5.74) is 6.62. The van der Waals surface area contributed by atoms with Crippen molar-refractivity contribution in [3.8, 4) is 0 Å². The zero-order chi connectivity index (χ0) is 14.6. The molecule has 0 saturated heterocycles. The number of nitrogens with one attached hydrogen (secondary N) is 1. The normalized spacial score (nSPS) is 13.1.